The Hall–Kier alpha value is -2.09. The summed E-state index contributed by atoms with van der Waals surface area (Å²) in [5.74, 6) is -0.305. The highest BCUT2D eigenvalue weighted by atomic mass is 32.2. The molecule has 3 aromatic rings. The van der Waals surface area contributed by atoms with Crippen LogP contribution in [0.25, 0.3) is 0 Å². The second-order valence-corrected chi connectivity index (χ2v) is 8.92. The molecule has 0 bridgehead atoms. The van der Waals surface area contributed by atoms with Crippen LogP contribution in [0.15, 0.2) is 65.1 Å². The Morgan fingerprint density at radius 2 is 1.77 bits per heavy atom. The zero-order chi connectivity index (χ0) is 18.7. The maximum absolute atomic E-state index is 13.4. The topological polar surface area (TPSA) is 59.1 Å². The molecule has 0 aliphatic heterocycles. The van der Waals surface area contributed by atoms with E-state index in [2.05, 4.69) is 23.6 Å². The van der Waals surface area contributed by atoms with E-state index in [0.717, 1.165) is 28.9 Å². The van der Waals surface area contributed by atoms with Crippen molar-refractivity contribution in [2.75, 3.05) is 0 Å². The molecule has 1 atom stereocenters. The Labute approximate surface area is 156 Å². The highest BCUT2D eigenvalue weighted by Gasteiger charge is 2.24. The predicted molar refractivity (Wildman–Crippen MR) is 101 cm³/mol. The van der Waals surface area contributed by atoms with Crippen LogP contribution >= 0.6 is 11.3 Å². The van der Waals surface area contributed by atoms with Crippen molar-refractivity contribution in [2.24, 2.45) is 0 Å². The quantitative estimate of drug-likeness (QED) is 0.675. The molecule has 136 valence electrons. The van der Waals surface area contributed by atoms with Gasteiger partial charge in [-0.05, 0) is 34.6 Å². The number of rotatable bonds is 6. The number of pyridine rings is 1. The molecule has 0 spiro atoms. The van der Waals surface area contributed by atoms with Crippen LogP contribution in [-0.2, 0) is 10.0 Å². The van der Waals surface area contributed by atoms with E-state index in [-0.39, 0.29) is 4.90 Å². The molecule has 0 unspecified atom stereocenters. The van der Waals surface area contributed by atoms with E-state index in [4.69, 9.17) is 0 Å². The summed E-state index contributed by atoms with van der Waals surface area (Å²) < 4.78 is 41.5. The Bertz CT molecular complexity index is 969. The van der Waals surface area contributed by atoms with Crippen LogP contribution in [0.3, 0.4) is 0 Å². The SMILES string of the molecule is CC(C)c1ccc([C@H](NS(=O)(=O)c2cncc(F)c2)c2cccs2)cc1. The molecule has 0 amide bonds. The van der Waals surface area contributed by atoms with Gasteiger partial charge in [0.25, 0.3) is 0 Å². The van der Waals surface area contributed by atoms with E-state index >= 15 is 0 Å². The van der Waals surface area contributed by atoms with E-state index in [0.29, 0.717) is 5.92 Å². The Kier molecular flexibility index (Phi) is 5.50. The molecule has 7 heteroatoms. The highest BCUT2D eigenvalue weighted by Crippen LogP contribution is 2.29. The second kappa shape index (κ2) is 7.65. The number of nitrogens with zero attached hydrogens (tertiary/aromatic N) is 1. The van der Waals surface area contributed by atoms with Crippen molar-refractivity contribution in [1.82, 2.24) is 9.71 Å². The van der Waals surface area contributed by atoms with Gasteiger partial charge in [0.1, 0.15) is 10.7 Å². The van der Waals surface area contributed by atoms with E-state index in [1.807, 2.05) is 41.8 Å². The molecular weight excluding hydrogens is 371 g/mol. The standard InChI is InChI=1S/C19H19FN2O2S2/c1-13(2)14-5-7-15(8-6-14)19(18-4-3-9-25-18)22-26(23,24)17-10-16(20)11-21-12-17/h3-13,19,22H,1-2H3/t19-/m0/s1. The van der Waals surface area contributed by atoms with Gasteiger partial charge in [0, 0.05) is 11.1 Å². The predicted octanol–water partition coefficient (Wildman–Crippen LogP) is 4.47. The number of benzene rings is 1. The maximum Gasteiger partial charge on any atom is 0.243 e. The first-order chi connectivity index (χ1) is 12.4. The summed E-state index contributed by atoms with van der Waals surface area (Å²) in [5, 5.41) is 1.89. The molecule has 2 aromatic heterocycles. The van der Waals surface area contributed by atoms with Crippen molar-refractivity contribution in [3.63, 3.8) is 0 Å². The van der Waals surface area contributed by atoms with Gasteiger partial charge in [-0.2, -0.15) is 4.72 Å². The number of aromatic nitrogens is 1. The normalized spacial score (nSPS) is 13.1. The minimum Gasteiger partial charge on any atom is -0.260 e. The average Bonchev–Trinajstić information content (AvgIpc) is 3.14. The maximum atomic E-state index is 13.4. The monoisotopic (exact) mass is 390 g/mol. The van der Waals surface area contributed by atoms with E-state index in [9.17, 15) is 12.8 Å². The lowest BCUT2D eigenvalue weighted by Crippen LogP contribution is -2.29. The smallest absolute Gasteiger partial charge is 0.243 e. The van der Waals surface area contributed by atoms with Gasteiger partial charge >= 0.3 is 0 Å². The largest absolute Gasteiger partial charge is 0.260 e. The summed E-state index contributed by atoms with van der Waals surface area (Å²) in [6, 6.07) is 12.0. The molecule has 2 heterocycles. The summed E-state index contributed by atoms with van der Waals surface area (Å²) >= 11 is 1.46. The van der Waals surface area contributed by atoms with Crippen LogP contribution in [0.1, 0.15) is 41.8 Å². The molecule has 0 aliphatic carbocycles. The van der Waals surface area contributed by atoms with Gasteiger partial charge in [0.2, 0.25) is 10.0 Å². The molecule has 4 nitrogen and oxygen atoms in total. The number of hydrogen-bond acceptors (Lipinski definition) is 4. The molecule has 0 radical (unpaired) electrons. The third-order valence-corrected chi connectivity index (χ3v) is 6.35. The van der Waals surface area contributed by atoms with Gasteiger partial charge in [-0.3, -0.25) is 4.98 Å². The van der Waals surface area contributed by atoms with Crippen molar-refractivity contribution < 1.29 is 12.8 Å². The summed E-state index contributed by atoms with van der Waals surface area (Å²) in [6.45, 7) is 4.21. The lowest BCUT2D eigenvalue weighted by atomic mass is 9.99. The first kappa shape index (κ1) is 18.7. The van der Waals surface area contributed by atoms with Crippen LogP contribution in [0, 0.1) is 5.82 Å². The molecule has 0 saturated carbocycles. The Morgan fingerprint density at radius 1 is 1.08 bits per heavy atom. The van der Waals surface area contributed by atoms with Crippen molar-refractivity contribution in [1.29, 1.82) is 0 Å². The number of halogens is 1. The van der Waals surface area contributed by atoms with Gasteiger partial charge in [-0.1, -0.05) is 44.2 Å². The molecular formula is C19H19FN2O2S2. The number of nitrogens with one attached hydrogen (secondary N) is 1. The fourth-order valence-corrected chi connectivity index (χ4v) is 4.64. The van der Waals surface area contributed by atoms with E-state index < -0.39 is 21.9 Å². The van der Waals surface area contributed by atoms with Crippen LogP contribution in [-0.4, -0.2) is 13.4 Å². The van der Waals surface area contributed by atoms with Crippen molar-refractivity contribution >= 4 is 21.4 Å². The first-order valence-corrected chi connectivity index (χ1v) is 10.5. The molecule has 0 aliphatic rings. The van der Waals surface area contributed by atoms with Crippen molar-refractivity contribution in [3.05, 3.63) is 82.1 Å². The lowest BCUT2D eigenvalue weighted by Gasteiger charge is -2.19. The Balaban J connectivity index is 1.97. The van der Waals surface area contributed by atoms with Crippen molar-refractivity contribution in [3.8, 4) is 0 Å². The number of thiophene rings is 1. The van der Waals surface area contributed by atoms with Crippen LogP contribution < -0.4 is 4.72 Å². The molecule has 1 N–H and O–H groups in total. The summed E-state index contributed by atoms with van der Waals surface area (Å²) in [4.78, 5) is 4.29. The fourth-order valence-electron chi connectivity index (χ4n) is 2.58. The lowest BCUT2D eigenvalue weighted by molar-refractivity contribution is 0.568. The van der Waals surface area contributed by atoms with Crippen LogP contribution in [0.5, 0.6) is 0 Å². The van der Waals surface area contributed by atoms with Gasteiger partial charge in [-0.15, -0.1) is 11.3 Å². The van der Waals surface area contributed by atoms with Gasteiger partial charge in [0.15, 0.2) is 0 Å². The summed E-state index contributed by atoms with van der Waals surface area (Å²) in [5.41, 5.74) is 2.00. The molecule has 0 fully saturated rings. The first-order valence-electron chi connectivity index (χ1n) is 8.13. The summed E-state index contributed by atoms with van der Waals surface area (Å²) in [6.07, 6.45) is 2.11. The minimum atomic E-state index is -3.93. The number of hydrogen-bond donors (Lipinski definition) is 1. The molecule has 0 saturated heterocycles. The molecule has 26 heavy (non-hydrogen) atoms. The van der Waals surface area contributed by atoms with E-state index in [1.165, 1.54) is 16.9 Å². The van der Waals surface area contributed by atoms with Gasteiger partial charge in [-0.25, -0.2) is 12.8 Å². The van der Waals surface area contributed by atoms with Gasteiger partial charge in [0.05, 0.1) is 12.2 Å². The van der Waals surface area contributed by atoms with Crippen molar-refractivity contribution in [2.45, 2.75) is 30.7 Å². The summed E-state index contributed by atoms with van der Waals surface area (Å²) in [7, 11) is -3.93. The van der Waals surface area contributed by atoms with Crippen LogP contribution in [0.4, 0.5) is 4.39 Å². The number of sulfonamides is 1. The van der Waals surface area contributed by atoms with Gasteiger partial charge < -0.3 is 0 Å². The third-order valence-electron chi connectivity index (χ3n) is 4.03. The molecule has 1 aromatic carbocycles. The second-order valence-electron chi connectivity index (χ2n) is 6.23. The average molecular weight is 391 g/mol. The molecule has 3 rings (SSSR count). The zero-order valence-electron chi connectivity index (χ0n) is 14.4. The van der Waals surface area contributed by atoms with Crippen LogP contribution in [0.2, 0.25) is 0 Å². The highest BCUT2D eigenvalue weighted by molar-refractivity contribution is 7.89. The van der Waals surface area contributed by atoms with E-state index in [1.54, 1.807) is 0 Å². The fraction of sp³-hybridized carbons (Fsp3) is 0.211. The minimum absolute atomic E-state index is 0.196. The Morgan fingerprint density at radius 3 is 2.35 bits per heavy atom. The zero-order valence-corrected chi connectivity index (χ0v) is 16.0. The third kappa shape index (κ3) is 4.17.